The molecule has 3 N–H and O–H groups in total. The first-order chi connectivity index (χ1) is 12.7. The van der Waals surface area contributed by atoms with Crippen LogP contribution in [0.3, 0.4) is 0 Å². The summed E-state index contributed by atoms with van der Waals surface area (Å²) in [4.78, 5) is 10.8. The summed E-state index contributed by atoms with van der Waals surface area (Å²) in [6.07, 6.45) is 3.68. The van der Waals surface area contributed by atoms with Gasteiger partial charge in [0.1, 0.15) is 6.10 Å². The summed E-state index contributed by atoms with van der Waals surface area (Å²) in [5.41, 5.74) is 0.680. The lowest BCUT2D eigenvalue weighted by Gasteiger charge is -2.27. The SMILES string of the molecule is CCC(C)(C)[C@H](O)/C=C/C1[C@H](O)C[C@@H]2Oc3c(OCC(=O)O)cccc3[C@H]12. The van der Waals surface area contributed by atoms with Crippen LogP contribution in [-0.2, 0) is 4.79 Å². The predicted molar refractivity (Wildman–Crippen MR) is 100 cm³/mol. The maximum atomic E-state index is 10.8. The molecular formula is C21H28O6. The van der Waals surface area contributed by atoms with E-state index in [2.05, 4.69) is 0 Å². The largest absolute Gasteiger partial charge is 0.485 e. The Balaban J connectivity index is 1.84. The van der Waals surface area contributed by atoms with Crippen LogP contribution in [0.5, 0.6) is 11.5 Å². The third kappa shape index (κ3) is 3.82. The molecule has 6 heteroatoms. The van der Waals surface area contributed by atoms with Crippen LogP contribution in [0.1, 0.15) is 45.1 Å². The van der Waals surface area contributed by atoms with E-state index in [0.717, 1.165) is 12.0 Å². The van der Waals surface area contributed by atoms with Gasteiger partial charge < -0.3 is 24.8 Å². The van der Waals surface area contributed by atoms with Gasteiger partial charge in [0.25, 0.3) is 0 Å². The zero-order chi connectivity index (χ0) is 19.8. The van der Waals surface area contributed by atoms with E-state index in [1.807, 2.05) is 39.0 Å². The maximum absolute atomic E-state index is 10.8. The van der Waals surface area contributed by atoms with Crippen LogP contribution in [0.2, 0.25) is 0 Å². The molecule has 1 aliphatic heterocycles. The lowest BCUT2D eigenvalue weighted by Crippen LogP contribution is -2.27. The van der Waals surface area contributed by atoms with Crippen molar-refractivity contribution in [2.45, 2.75) is 57.8 Å². The third-order valence-corrected chi connectivity index (χ3v) is 5.95. The molecule has 0 amide bonds. The second kappa shape index (κ2) is 7.52. The summed E-state index contributed by atoms with van der Waals surface area (Å²) >= 11 is 0. The van der Waals surface area contributed by atoms with Crippen LogP contribution >= 0.6 is 0 Å². The molecule has 1 heterocycles. The van der Waals surface area contributed by atoms with E-state index in [4.69, 9.17) is 14.6 Å². The van der Waals surface area contributed by atoms with Crippen molar-refractivity contribution >= 4 is 5.97 Å². The van der Waals surface area contributed by atoms with E-state index < -0.39 is 24.8 Å². The van der Waals surface area contributed by atoms with Gasteiger partial charge in [-0.2, -0.15) is 0 Å². The number of rotatable bonds is 7. The molecule has 1 saturated carbocycles. The van der Waals surface area contributed by atoms with Gasteiger partial charge in [-0.3, -0.25) is 0 Å². The number of ether oxygens (including phenoxy) is 2. The molecule has 0 spiro atoms. The number of carboxylic acids is 1. The fraction of sp³-hybridized carbons (Fsp3) is 0.571. The number of aliphatic carboxylic acids is 1. The molecule has 3 rings (SSSR count). The Labute approximate surface area is 159 Å². The molecule has 1 fully saturated rings. The second-order valence-corrected chi connectivity index (χ2v) is 8.09. The molecule has 1 aromatic rings. The Morgan fingerprint density at radius 2 is 2.19 bits per heavy atom. The van der Waals surface area contributed by atoms with Crippen molar-refractivity contribution in [3.63, 3.8) is 0 Å². The monoisotopic (exact) mass is 376 g/mol. The molecule has 6 nitrogen and oxygen atoms in total. The average molecular weight is 376 g/mol. The standard InChI is InChI=1S/C21H28O6/c1-4-21(2,3)17(23)9-8-12-14(22)10-16-19(12)13-6-5-7-15(20(13)27-16)26-11-18(24)25/h5-9,12,14,16-17,19,22-23H,4,10-11H2,1-3H3,(H,24,25)/b9-8+/t12?,14-,16+,17-,19+/m1/s1. The molecular weight excluding hydrogens is 348 g/mol. The fourth-order valence-electron chi connectivity index (χ4n) is 3.84. The zero-order valence-corrected chi connectivity index (χ0v) is 16.0. The summed E-state index contributed by atoms with van der Waals surface area (Å²) in [5, 5.41) is 29.8. The number of carbonyl (C=O) groups is 1. The number of benzene rings is 1. The third-order valence-electron chi connectivity index (χ3n) is 5.95. The van der Waals surface area contributed by atoms with Crippen molar-refractivity contribution < 1.29 is 29.6 Å². The first-order valence-corrected chi connectivity index (χ1v) is 9.43. The maximum Gasteiger partial charge on any atom is 0.341 e. The molecule has 0 bridgehead atoms. The molecule has 0 saturated heterocycles. The van der Waals surface area contributed by atoms with E-state index in [-0.39, 0.29) is 23.4 Å². The van der Waals surface area contributed by atoms with Gasteiger partial charge in [-0.15, -0.1) is 0 Å². The second-order valence-electron chi connectivity index (χ2n) is 8.09. The van der Waals surface area contributed by atoms with Gasteiger partial charge in [0.2, 0.25) is 0 Å². The molecule has 0 aromatic heterocycles. The summed E-state index contributed by atoms with van der Waals surface area (Å²) in [5.74, 6) is -0.290. The number of carboxylic acid groups (broad SMARTS) is 1. The first-order valence-electron chi connectivity index (χ1n) is 9.43. The molecule has 1 unspecified atom stereocenters. The smallest absolute Gasteiger partial charge is 0.341 e. The van der Waals surface area contributed by atoms with Crippen molar-refractivity contribution in [3.05, 3.63) is 35.9 Å². The predicted octanol–water partition coefficient (Wildman–Crippen LogP) is 2.73. The zero-order valence-electron chi connectivity index (χ0n) is 16.0. The van der Waals surface area contributed by atoms with Gasteiger partial charge in [0.15, 0.2) is 18.1 Å². The lowest BCUT2D eigenvalue weighted by atomic mass is 9.82. The van der Waals surface area contributed by atoms with Crippen molar-refractivity contribution in [1.82, 2.24) is 0 Å². The first kappa shape index (κ1) is 19.7. The molecule has 148 valence electrons. The highest BCUT2D eigenvalue weighted by atomic mass is 16.5. The summed E-state index contributed by atoms with van der Waals surface area (Å²) in [7, 11) is 0. The molecule has 2 aliphatic rings. The number of hydrogen-bond donors (Lipinski definition) is 3. The Morgan fingerprint density at radius 1 is 1.44 bits per heavy atom. The number of para-hydroxylation sites is 1. The molecule has 0 radical (unpaired) electrons. The Hall–Kier alpha value is -2.05. The van der Waals surface area contributed by atoms with Crippen LogP contribution in [0.25, 0.3) is 0 Å². The van der Waals surface area contributed by atoms with Gasteiger partial charge in [-0.1, -0.05) is 45.1 Å². The number of fused-ring (bicyclic) bond motifs is 3. The average Bonchev–Trinajstić information content (AvgIpc) is 3.12. The minimum atomic E-state index is -1.05. The van der Waals surface area contributed by atoms with Crippen molar-refractivity contribution in [2.75, 3.05) is 6.61 Å². The van der Waals surface area contributed by atoms with Crippen LogP contribution in [-0.4, -0.2) is 46.2 Å². The van der Waals surface area contributed by atoms with Crippen LogP contribution in [0, 0.1) is 11.3 Å². The molecule has 1 aliphatic carbocycles. The number of hydrogen-bond acceptors (Lipinski definition) is 5. The minimum Gasteiger partial charge on any atom is -0.485 e. The van der Waals surface area contributed by atoms with Gasteiger partial charge in [0, 0.05) is 23.8 Å². The highest BCUT2D eigenvalue weighted by Gasteiger charge is 2.49. The van der Waals surface area contributed by atoms with E-state index >= 15 is 0 Å². The van der Waals surface area contributed by atoms with Crippen molar-refractivity contribution in [2.24, 2.45) is 11.3 Å². The van der Waals surface area contributed by atoms with Crippen LogP contribution in [0.4, 0.5) is 0 Å². The summed E-state index contributed by atoms with van der Waals surface area (Å²) in [6, 6.07) is 5.43. The quantitative estimate of drug-likeness (QED) is 0.633. The van der Waals surface area contributed by atoms with E-state index in [1.54, 1.807) is 12.1 Å². The van der Waals surface area contributed by atoms with Gasteiger partial charge in [0.05, 0.1) is 12.2 Å². The molecule has 5 atom stereocenters. The van der Waals surface area contributed by atoms with E-state index in [1.165, 1.54) is 0 Å². The van der Waals surface area contributed by atoms with Crippen molar-refractivity contribution in [1.29, 1.82) is 0 Å². The minimum absolute atomic E-state index is 0.0448. The highest BCUT2D eigenvalue weighted by Crippen LogP contribution is 2.53. The van der Waals surface area contributed by atoms with Crippen LogP contribution < -0.4 is 9.47 Å². The molecule has 27 heavy (non-hydrogen) atoms. The fourth-order valence-corrected chi connectivity index (χ4v) is 3.84. The summed E-state index contributed by atoms with van der Waals surface area (Å²) in [6.45, 7) is 5.63. The topological polar surface area (TPSA) is 96.2 Å². The Morgan fingerprint density at radius 3 is 2.85 bits per heavy atom. The Kier molecular flexibility index (Phi) is 5.49. The number of aliphatic hydroxyl groups is 2. The summed E-state index contributed by atoms with van der Waals surface area (Å²) < 4.78 is 11.4. The Bertz CT molecular complexity index is 725. The number of aliphatic hydroxyl groups excluding tert-OH is 2. The van der Waals surface area contributed by atoms with Gasteiger partial charge in [-0.05, 0) is 17.9 Å². The van der Waals surface area contributed by atoms with E-state index in [9.17, 15) is 15.0 Å². The van der Waals surface area contributed by atoms with E-state index in [0.29, 0.717) is 17.9 Å². The lowest BCUT2D eigenvalue weighted by molar-refractivity contribution is -0.139. The van der Waals surface area contributed by atoms with Gasteiger partial charge >= 0.3 is 5.97 Å². The highest BCUT2D eigenvalue weighted by molar-refractivity contribution is 5.68. The van der Waals surface area contributed by atoms with Gasteiger partial charge in [-0.25, -0.2) is 4.79 Å². The van der Waals surface area contributed by atoms with Crippen LogP contribution in [0.15, 0.2) is 30.4 Å². The van der Waals surface area contributed by atoms with Crippen molar-refractivity contribution in [3.8, 4) is 11.5 Å². The normalized spacial score (nSPS) is 27.9. The molecule has 1 aromatic carbocycles.